The van der Waals surface area contributed by atoms with Crippen LogP contribution in [0.2, 0.25) is 0 Å². The van der Waals surface area contributed by atoms with Gasteiger partial charge in [0.15, 0.2) is 5.78 Å². The number of benzene rings is 2. The summed E-state index contributed by atoms with van der Waals surface area (Å²) in [5, 5.41) is 0. The summed E-state index contributed by atoms with van der Waals surface area (Å²) in [6.45, 7) is 2.38. The Morgan fingerprint density at radius 2 is 1.50 bits per heavy atom. The number of Topliss-reactive ketones (excluding diaryl/α,β-unsaturated/α-hetero) is 1. The van der Waals surface area contributed by atoms with Crippen LogP contribution in [0.1, 0.15) is 67.8 Å². The minimum Gasteiger partial charge on any atom is -0.489 e. The minimum absolute atomic E-state index is 0.0846. The van der Waals surface area contributed by atoms with Crippen molar-refractivity contribution < 1.29 is 32.2 Å². The number of carbonyl (C=O) groups excluding carboxylic acids is 2. The van der Waals surface area contributed by atoms with Gasteiger partial charge in [0.05, 0.1) is 5.56 Å². The first-order chi connectivity index (χ1) is 15.3. The lowest BCUT2D eigenvalue weighted by Gasteiger charge is -2.19. The highest BCUT2D eigenvalue weighted by Gasteiger charge is 2.47. The van der Waals surface area contributed by atoms with E-state index in [4.69, 9.17) is 4.74 Å². The molecule has 0 amide bonds. The van der Waals surface area contributed by atoms with Crippen LogP contribution in [0.3, 0.4) is 0 Å². The molecule has 0 saturated carbocycles. The number of unbranched alkanes of at least 4 members (excludes halogenated alkanes) is 5. The van der Waals surface area contributed by atoms with Gasteiger partial charge in [0.1, 0.15) is 12.4 Å². The van der Waals surface area contributed by atoms with Gasteiger partial charge in [-0.05, 0) is 36.2 Å². The minimum atomic E-state index is -4.95. The third kappa shape index (κ3) is 8.73. The fourth-order valence-corrected chi connectivity index (χ4v) is 3.13. The number of carbonyl (C=O) groups is 2. The first-order valence-electron chi connectivity index (χ1n) is 10.9. The molecule has 0 radical (unpaired) electrons. The Balaban J connectivity index is 1.89. The zero-order valence-electron chi connectivity index (χ0n) is 18.2. The summed E-state index contributed by atoms with van der Waals surface area (Å²) in [5.74, 6) is -1.86. The van der Waals surface area contributed by atoms with Crippen LogP contribution >= 0.6 is 0 Å². The van der Waals surface area contributed by atoms with Gasteiger partial charge in [-0.25, -0.2) is 4.79 Å². The predicted molar refractivity (Wildman–Crippen MR) is 115 cm³/mol. The van der Waals surface area contributed by atoms with Gasteiger partial charge in [0.2, 0.25) is 0 Å². The number of hydrogen-bond acceptors (Lipinski definition) is 4. The quantitative estimate of drug-likeness (QED) is 0.253. The summed E-state index contributed by atoms with van der Waals surface area (Å²) in [4.78, 5) is 24.3. The summed E-state index contributed by atoms with van der Waals surface area (Å²) in [5.41, 5.74) is 0.867. The molecule has 2 aromatic rings. The highest BCUT2D eigenvalue weighted by Crippen LogP contribution is 2.27. The van der Waals surface area contributed by atoms with Gasteiger partial charge in [-0.15, -0.1) is 0 Å². The van der Waals surface area contributed by atoms with E-state index in [0.717, 1.165) is 31.2 Å². The molecule has 1 atom stereocenters. The van der Waals surface area contributed by atoms with E-state index in [1.54, 1.807) is 0 Å². The van der Waals surface area contributed by atoms with Gasteiger partial charge in [0, 0.05) is 6.42 Å². The SMILES string of the molecule is CCCCCCCCC(=O)C(OC(=O)c1ccc(OCc2ccccc2)cc1)C(F)(F)F. The van der Waals surface area contributed by atoms with Gasteiger partial charge in [-0.1, -0.05) is 69.4 Å². The van der Waals surface area contributed by atoms with Crippen molar-refractivity contribution in [3.8, 4) is 5.75 Å². The predicted octanol–water partition coefficient (Wildman–Crippen LogP) is 6.67. The van der Waals surface area contributed by atoms with Crippen molar-refractivity contribution in [3.05, 3.63) is 65.7 Å². The van der Waals surface area contributed by atoms with Crippen LogP contribution in [0.4, 0.5) is 13.2 Å². The maximum Gasteiger partial charge on any atom is 0.432 e. The molecule has 0 aliphatic heterocycles. The first kappa shape index (κ1) is 25.4. The second-order valence-corrected chi connectivity index (χ2v) is 7.61. The van der Waals surface area contributed by atoms with Crippen LogP contribution < -0.4 is 4.74 Å². The Morgan fingerprint density at radius 3 is 2.12 bits per heavy atom. The molecule has 7 heteroatoms. The highest BCUT2D eigenvalue weighted by atomic mass is 19.4. The molecule has 2 rings (SSSR count). The average molecular weight is 450 g/mol. The molecule has 0 saturated heterocycles. The molecule has 174 valence electrons. The van der Waals surface area contributed by atoms with Gasteiger partial charge in [-0.2, -0.15) is 13.2 Å². The van der Waals surface area contributed by atoms with E-state index in [1.807, 2.05) is 30.3 Å². The van der Waals surface area contributed by atoms with Crippen LogP contribution in [0.15, 0.2) is 54.6 Å². The van der Waals surface area contributed by atoms with Crippen LogP contribution in [0.25, 0.3) is 0 Å². The molecule has 0 spiro atoms. The fourth-order valence-electron chi connectivity index (χ4n) is 3.13. The molecule has 4 nitrogen and oxygen atoms in total. The van der Waals surface area contributed by atoms with E-state index in [2.05, 4.69) is 11.7 Å². The summed E-state index contributed by atoms with van der Waals surface area (Å²) in [7, 11) is 0. The van der Waals surface area contributed by atoms with Crippen molar-refractivity contribution in [1.82, 2.24) is 0 Å². The van der Waals surface area contributed by atoms with E-state index in [1.165, 1.54) is 24.3 Å². The lowest BCUT2D eigenvalue weighted by atomic mass is 10.0. The monoisotopic (exact) mass is 450 g/mol. The molecule has 0 aliphatic rings. The Morgan fingerprint density at radius 1 is 0.875 bits per heavy atom. The molecule has 0 aliphatic carbocycles. The van der Waals surface area contributed by atoms with Gasteiger partial charge in [-0.3, -0.25) is 4.79 Å². The Kier molecular flexibility index (Phi) is 10.2. The van der Waals surface area contributed by atoms with E-state index < -0.39 is 24.0 Å². The molecule has 0 fully saturated rings. The summed E-state index contributed by atoms with van der Waals surface area (Å²) < 4.78 is 50.2. The molecule has 2 aromatic carbocycles. The van der Waals surface area contributed by atoms with Crippen molar-refractivity contribution >= 4 is 11.8 Å². The number of ketones is 1. The van der Waals surface area contributed by atoms with Crippen molar-refractivity contribution in [2.24, 2.45) is 0 Å². The summed E-state index contributed by atoms with van der Waals surface area (Å²) in [6, 6.07) is 15.0. The number of halogens is 3. The second kappa shape index (κ2) is 12.9. The molecular formula is C25H29F3O4. The van der Waals surface area contributed by atoms with Crippen LogP contribution in [-0.4, -0.2) is 24.0 Å². The molecule has 32 heavy (non-hydrogen) atoms. The lowest BCUT2D eigenvalue weighted by molar-refractivity contribution is -0.204. The maximum absolute atomic E-state index is 13.3. The van der Waals surface area contributed by atoms with Crippen molar-refractivity contribution in [2.45, 2.75) is 70.8 Å². The number of esters is 1. The van der Waals surface area contributed by atoms with Crippen molar-refractivity contribution in [3.63, 3.8) is 0 Å². The molecule has 1 unspecified atom stereocenters. The molecular weight excluding hydrogens is 421 g/mol. The number of alkyl halides is 3. The zero-order chi connectivity index (χ0) is 23.4. The van der Waals surface area contributed by atoms with Gasteiger partial charge >= 0.3 is 12.1 Å². The normalized spacial score (nSPS) is 12.2. The van der Waals surface area contributed by atoms with E-state index in [0.29, 0.717) is 25.2 Å². The molecule has 0 aromatic heterocycles. The lowest BCUT2D eigenvalue weighted by Crippen LogP contribution is -2.40. The molecule has 0 heterocycles. The van der Waals surface area contributed by atoms with E-state index in [-0.39, 0.29) is 12.0 Å². The third-order valence-electron chi connectivity index (χ3n) is 4.93. The summed E-state index contributed by atoms with van der Waals surface area (Å²) >= 11 is 0. The second-order valence-electron chi connectivity index (χ2n) is 7.61. The molecule has 0 N–H and O–H groups in total. The topological polar surface area (TPSA) is 52.6 Å². The highest BCUT2D eigenvalue weighted by molar-refractivity contribution is 5.93. The van der Waals surface area contributed by atoms with Crippen LogP contribution in [0, 0.1) is 0 Å². The van der Waals surface area contributed by atoms with Gasteiger partial charge < -0.3 is 9.47 Å². The smallest absolute Gasteiger partial charge is 0.432 e. The Labute approximate surface area is 186 Å². The largest absolute Gasteiger partial charge is 0.489 e. The Hall–Kier alpha value is -2.83. The summed E-state index contributed by atoms with van der Waals surface area (Å²) in [6.07, 6.45) is -2.96. The van der Waals surface area contributed by atoms with E-state index >= 15 is 0 Å². The molecule has 0 bridgehead atoms. The average Bonchev–Trinajstić information content (AvgIpc) is 2.78. The third-order valence-corrected chi connectivity index (χ3v) is 4.93. The van der Waals surface area contributed by atoms with Crippen molar-refractivity contribution in [1.29, 1.82) is 0 Å². The fraction of sp³-hybridized carbons (Fsp3) is 0.440. The van der Waals surface area contributed by atoms with Crippen LogP contribution in [0.5, 0.6) is 5.75 Å². The number of rotatable bonds is 13. The maximum atomic E-state index is 13.3. The standard InChI is InChI=1S/C25H29F3O4/c1-2-3-4-5-6-10-13-22(29)23(25(26,27)28)32-24(30)20-14-16-21(17-15-20)31-18-19-11-8-7-9-12-19/h7-9,11-12,14-17,23H,2-6,10,13,18H2,1H3. The number of hydrogen-bond donors (Lipinski definition) is 0. The van der Waals surface area contributed by atoms with Crippen LogP contribution in [-0.2, 0) is 16.1 Å². The van der Waals surface area contributed by atoms with E-state index in [9.17, 15) is 22.8 Å². The number of ether oxygens (including phenoxy) is 2. The van der Waals surface area contributed by atoms with Gasteiger partial charge in [0.25, 0.3) is 6.10 Å². The Bertz CT molecular complexity index is 833. The van der Waals surface area contributed by atoms with Crippen molar-refractivity contribution in [2.75, 3.05) is 0 Å². The zero-order valence-corrected chi connectivity index (χ0v) is 18.2. The first-order valence-corrected chi connectivity index (χ1v) is 10.9.